The molecule has 3 heterocycles. The smallest absolute Gasteiger partial charge is 0.315 e. The molecule has 3 rings (SSSR count). The summed E-state index contributed by atoms with van der Waals surface area (Å²) >= 11 is 1.75. The Balaban J connectivity index is 1.50. The summed E-state index contributed by atoms with van der Waals surface area (Å²) < 4.78 is 5.39. The monoisotopic (exact) mass is 374 g/mol. The first kappa shape index (κ1) is 18.7. The van der Waals surface area contributed by atoms with E-state index in [1.54, 1.807) is 17.5 Å². The molecule has 1 unspecified atom stereocenters. The van der Waals surface area contributed by atoms with E-state index in [0.717, 1.165) is 18.7 Å². The molecule has 7 heteroatoms. The lowest BCUT2D eigenvalue weighted by atomic mass is 10.2. The van der Waals surface area contributed by atoms with Crippen LogP contribution in [0.1, 0.15) is 36.2 Å². The Bertz CT molecular complexity index is 687. The van der Waals surface area contributed by atoms with Crippen LogP contribution >= 0.6 is 11.3 Å². The maximum Gasteiger partial charge on any atom is 0.315 e. The zero-order valence-corrected chi connectivity index (χ0v) is 15.9. The van der Waals surface area contributed by atoms with Gasteiger partial charge in [0, 0.05) is 30.2 Å². The maximum absolute atomic E-state index is 12.2. The van der Waals surface area contributed by atoms with E-state index in [-0.39, 0.29) is 12.1 Å². The van der Waals surface area contributed by atoms with Crippen molar-refractivity contribution < 1.29 is 9.53 Å². The first-order valence-electron chi connectivity index (χ1n) is 9.13. The van der Waals surface area contributed by atoms with Crippen LogP contribution in [-0.4, -0.2) is 42.2 Å². The van der Waals surface area contributed by atoms with Crippen molar-refractivity contribution in [3.05, 3.63) is 46.3 Å². The molecule has 0 aromatic carbocycles. The predicted octanol–water partition coefficient (Wildman–Crippen LogP) is 3.18. The highest BCUT2D eigenvalue weighted by molar-refractivity contribution is 7.10. The second-order valence-electron chi connectivity index (χ2n) is 6.27. The normalized spacial score (nSPS) is 15.6. The fourth-order valence-electron chi connectivity index (χ4n) is 3.17. The van der Waals surface area contributed by atoms with Gasteiger partial charge in [-0.1, -0.05) is 6.07 Å². The molecule has 0 bridgehead atoms. The number of urea groups is 1. The van der Waals surface area contributed by atoms with Crippen molar-refractivity contribution in [1.82, 2.24) is 20.5 Å². The first-order valence-corrected chi connectivity index (χ1v) is 10.0. The summed E-state index contributed by atoms with van der Waals surface area (Å²) in [6, 6.07) is 8.06. The van der Waals surface area contributed by atoms with Crippen molar-refractivity contribution in [2.24, 2.45) is 0 Å². The van der Waals surface area contributed by atoms with Gasteiger partial charge in [0.25, 0.3) is 0 Å². The minimum absolute atomic E-state index is 0.152. The highest BCUT2D eigenvalue weighted by atomic mass is 32.1. The van der Waals surface area contributed by atoms with Gasteiger partial charge < -0.3 is 15.4 Å². The summed E-state index contributed by atoms with van der Waals surface area (Å²) in [7, 11) is 0. The van der Waals surface area contributed by atoms with Crippen LogP contribution in [0, 0.1) is 0 Å². The summed E-state index contributed by atoms with van der Waals surface area (Å²) in [6.45, 7) is 5.76. The quantitative estimate of drug-likeness (QED) is 0.745. The van der Waals surface area contributed by atoms with Crippen molar-refractivity contribution >= 4 is 17.4 Å². The Morgan fingerprint density at radius 1 is 1.35 bits per heavy atom. The lowest BCUT2D eigenvalue weighted by Crippen LogP contribution is -2.41. The Hall–Kier alpha value is -2.12. The van der Waals surface area contributed by atoms with Gasteiger partial charge in [0.2, 0.25) is 5.88 Å². The molecule has 26 heavy (non-hydrogen) atoms. The first-order chi connectivity index (χ1) is 12.8. The molecule has 0 spiro atoms. The minimum Gasteiger partial charge on any atom is -0.478 e. The number of nitrogens with zero attached hydrogens (tertiary/aromatic N) is 2. The number of aromatic nitrogens is 1. The van der Waals surface area contributed by atoms with Crippen LogP contribution in [0.25, 0.3) is 0 Å². The molecular weight excluding hydrogens is 348 g/mol. The summed E-state index contributed by atoms with van der Waals surface area (Å²) in [5.74, 6) is 0.582. The molecule has 1 atom stereocenters. The van der Waals surface area contributed by atoms with Crippen LogP contribution in [-0.2, 0) is 6.54 Å². The number of hydrogen-bond acceptors (Lipinski definition) is 5. The van der Waals surface area contributed by atoms with Gasteiger partial charge in [0.05, 0.1) is 12.6 Å². The number of pyridine rings is 1. The molecule has 2 amide bonds. The molecule has 1 aliphatic rings. The van der Waals surface area contributed by atoms with Crippen molar-refractivity contribution in [2.45, 2.75) is 32.4 Å². The predicted molar refractivity (Wildman–Crippen MR) is 104 cm³/mol. The molecule has 0 radical (unpaired) electrons. The van der Waals surface area contributed by atoms with Gasteiger partial charge in [0.15, 0.2) is 0 Å². The zero-order chi connectivity index (χ0) is 18.2. The highest BCUT2D eigenvalue weighted by Gasteiger charge is 2.24. The van der Waals surface area contributed by atoms with Crippen LogP contribution in [0.15, 0.2) is 35.8 Å². The van der Waals surface area contributed by atoms with E-state index in [1.807, 2.05) is 19.1 Å². The summed E-state index contributed by atoms with van der Waals surface area (Å²) in [4.78, 5) is 20.1. The van der Waals surface area contributed by atoms with Crippen LogP contribution in [0.2, 0.25) is 0 Å². The molecular formula is C19H26N4O2S. The molecule has 140 valence electrons. The van der Waals surface area contributed by atoms with Gasteiger partial charge in [0.1, 0.15) is 0 Å². The lowest BCUT2D eigenvalue weighted by molar-refractivity contribution is 0.222. The molecule has 2 aromatic heterocycles. The summed E-state index contributed by atoms with van der Waals surface area (Å²) in [5.41, 5.74) is 0.966. The number of amides is 2. The number of carbonyl (C=O) groups excluding carboxylic acids is 1. The number of likely N-dealkylation sites (tertiary alicyclic amines) is 1. The van der Waals surface area contributed by atoms with E-state index in [2.05, 4.69) is 38.0 Å². The van der Waals surface area contributed by atoms with Crippen LogP contribution in [0.5, 0.6) is 5.88 Å². The van der Waals surface area contributed by atoms with E-state index in [4.69, 9.17) is 4.74 Å². The average Bonchev–Trinajstić information content (AvgIpc) is 3.35. The van der Waals surface area contributed by atoms with Crippen molar-refractivity contribution in [3.63, 3.8) is 0 Å². The van der Waals surface area contributed by atoms with Gasteiger partial charge in [-0.05, 0) is 55.9 Å². The topological polar surface area (TPSA) is 66.5 Å². The maximum atomic E-state index is 12.2. The lowest BCUT2D eigenvalue weighted by Gasteiger charge is -2.27. The number of hydrogen-bond donors (Lipinski definition) is 2. The molecule has 2 N–H and O–H groups in total. The Kier molecular flexibility index (Phi) is 6.85. The second kappa shape index (κ2) is 9.54. The van der Waals surface area contributed by atoms with Crippen LogP contribution in [0.4, 0.5) is 4.79 Å². The Morgan fingerprint density at radius 3 is 2.92 bits per heavy atom. The Morgan fingerprint density at radius 2 is 2.19 bits per heavy atom. The fraction of sp³-hybridized carbons (Fsp3) is 0.474. The number of nitrogens with one attached hydrogen (secondary N) is 2. The van der Waals surface area contributed by atoms with Gasteiger partial charge in [-0.2, -0.15) is 0 Å². The number of rotatable bonds is 8. The largest absolute Gasteiger partial charge is 0.478 e. The minimum atomic E-state index is -0.152. The van der Waals surface area contributed by atoms with Crippen LogP contribution < -0.4 is 15.4 Å². The third kappa shape index (κ3) is 5.19. The Labute approximate surface area is 158 Å². The van der Waals surface area contributed by atoms with Crippen LogP contribution in [0.3, 0.4) is 0 Å². The SMILES string of the molecule is CCOc1cc(CNC(=O)NCC(c2cccs2)N2CCCC2)ccn1. The number of carbonyl (C=O) groups is 1. The van der Waals surface area contributed by atoms with Gasteiger partial charge in [-0.15, -0.1) is 11.3 Å². The molecule has 0 saturated carbocycles. The number of thiophene rings is 1. The second-order valence-corrected chi connectivity index (χ2v) is 7.25. The van der Waals surface area contributed by atoms with E-state index in [0.29, 0.717) is 25.6 Å². The molecule has 0 aliphatic carbocycles. The standard InChI is InChI=1S/C19H26N4O2S/c1-2-25-18-12-15(7-8-20-18)13-21-19(24)22-14-16(17-6-5-11-26-17)23-9-3-4-10-23/h5-8,11-12,16H,2-4,9-10,13-14H2,1H3,(H2,21,22,24). The number of ether oxygens (including phenoxy) is 1. The molecule has 1 fully saturated rings. The molecule has 6 nitrogen and oxygen atoms in total. The fourth-order valence-corrected chi connectivity index (χ4v) is 4.03. The zero-order valence-electron chi connectivity index (χ0n) is 15.1. The highest BCUT2D eigenvalue weighted by Crippen LogP contribution is 2.27. The molecule has 1 aliphatic heterocycles. The molecule has 1 saturated heterocycles. The van der Waals surface area contributed by atoms with Crippen molar-refractivity contribution in [2.75, 3.05) is 26.2 Å². The van der Waals surface area contributed by atoms with E-state index < -0.39 is 0 Å². The van der Waals surface area contributed by atoms with E-state index in [1.165, 1.54) is 17.7 Å². The van der Waals surface area contributed by atoms with Crippen molar-refractivity contribution in [3.8, 4) is 5.88 Å². The van der Waals surface area contributed by atoms with E-state index >= 15 is 0 Å². The van der Waals surface area contributed by atoms with Gasteiger partial charge in [-0.3, -0.25) is 4.90 Å². The summed E-state index contributed by atoms with van der Waals surface area (Å²) in [5, 5.41) is 8.03. The average molecular weight is 375 g/mol. The third-order valence-corrected chi connectivity index (χ3v) is 5.43. The van der Waals surface area contributed by atoms with Gasteiger partial charge in [-0.25, -0.2) is 9.78 Å². The third-order valence-electron chi connectivity index (χ3n) is 4.45. The van der Waals surface area contributed by atoms with E-state index in [9.17, 15) is 4.79 Å². The summed E-state index contributed by atoms with van der Waals surface area (Å²) in [6.07, 6.45) is 4.16. The van der Waals surface area contributed by atoms with Gasteiger partial charge >= 0.3 is 6.03 Å². The molecule has 2 aromatic rings. The van der Waals surface area contributed by atoms with Crippen molar-refractivity contribution in [1.29, 1.82) is 0 Å².